The summed E-state index contributed by atoms with van der Waals surface area (Å²) in [6, 6.07) is 60.0. The Balaban J connectivity index is 1.24. The maximum atomic E-state index is 4.03. The van der Waals surface area contributed by atoms with Crippen LogP contribution in [-0.4, -0.2) is 10.6 Å². The first-order chi connectivity index (χ1) is 27.8. The minimum atomic E-state index is -0.00881. The molecule has 8 aromatic carbocycles. The number of allylic oxidation sites excluding steroid dienone is 4. The highest BCUT2D eigenvalue weighted by Crippen LogP contribution is 2.57. The van der Waals surface area contributed by atoms with Crippen LogP contribution in [0.2, 0.25) is 0 Å². The summed E-state index contributed by atoms with van der Waals surface area (Å²) >= 11 is 0. The van der Waals surface area contributed by atoms with E-state index in [9.17, 15) is 0 Å². The number of hydrogen-bond donors (Lipinski definition) is 1. The molecule has 3 nitrogen and oxygen atoms in total. The van der Waals surface area contributed by atoms with Gasteiger partial charge < -0.3 is 10.2 Å². The van der Waals surface area contributed by atoms with Crippen LogP contribution >= 0.6 is 0 Å². The smallest absolute Gasteiger partial charge is 0.112 e. The second kappa shape index (κ2) is 12.2. The van der Waals surface area contributed by atoms with Crippen LogP contribution in [0.15, 0.2) is 200 Å². The molecule has 0 bridgehead atoms. The van der Waals surface area contributed by atoms with Gasteiger partial charge in [-0.1, -0.05) is 170 Å². The van der Waals surface area contributed by atoms with Crippen molar-refractivity contribution < 1.29 is 0 Å². The molecule has 3 atom stereocenters. The quantitative estimate of drug-likeness (QED) is 0.183. The predicted molar refractivity (Wildman–Crippen MR) is 236 cm³/mol. The lowest BCUT2D eigenvalue weighted by Gasteiger charge is -2.29. The van der Waals surface area contributed by atoms with E-state index in [4.69, 9.17) is 0 Å². The zero-order valence-electron chi connectivity index (χ0n) is 30.7. The van der Waals surface area contributed by atoms with Gasteiger partial charge in [0.15, 0.2) is 0 Å². The van der Waals surface area contributed by atoms with Gasteiger partial charge in [0.2, 0.25) is 0 Å². The number of para-hydroxylation sites is 2. The van der Waals surface area contributed by atoms with Gasteiger partial charge in [0.1, 0.15) is 5.82 Å². The maximum absolute atomic E-state index is 4.03. The Kier molecular flexibility index (Phi) is 6.82. The zero-order chi connectivity index (χ0) is 36.7. The number of benzene rings is 8. The van der Waals surface area contributed by atoms with Crippen molar-refractivity contribution in [3.63, 3.8) is 0 Å². The monoisotopic (exact) mass is 715 g/mol. The summed E-state index contributed by atoms with van der Waals surface area (Å²) in [4.78, 5) is 2.60. The molecule has 1 aromatic heterocycles. The van der Waals surface area contributed by atoms with Crippen LogP contribution in [0.1, 0.15) is 28.7 Å². The number of dihydropyridines is 1. The molecule has 3 unspecified atom stereocenters. The van der Waals surface area contributed by atoms with Gasteiger partial charge in [-0.2, -0.15) is 0 Å². The zero-order valence-corrected chi connectivity index (χ0v) is 30.7. The van der Waals surface area contributed by atoms with E-state index >= 15 is 0 Å². The first kappa shape index (κ1) is 31.3. The van der Waals surface area contributed by atoms with Crippen molar-refractivity contribution in [2.45, 2.75) is 18.0 Å². The number of aromatic nitrogens is 1. The van der Waals surface area contributed by atoms with Crippen molar-refractivity contribution in [1.29, 1.82) is 0 Å². The number of nitrogens with zero attached hydrogens (tertiary/aromatic N) is 2. The third-order valence-corrected chi connectivity index (χ3v) is 12.3. The fraction of sp³-hybridized carbons (Fsp3) is 0.0566. The Morgan fingerprint density at radius 2 is 1.11 bits per heavy atom. The van der Waals surface area contributed by atoms with Crippen LogP contribution < -0.4 is 10.2 Å². The predicted octanol–water partition coefficient (Wildman–Crippen LogP) is 13.2. The van der Waals surface area contributed by atoms with Crippen LogP contribution in [0.5, 0.6) is 0 Å². The maximum Gasteiger partial charge on any atom is 0.112 e. The van der Waals surface area contributed by atoms with Crippen molar-refractivity contribution in [3.8, 4) is 0 Å². The molecule has 0 radical (unpaired) electrons. The summed E-state index contributed by atoms with van der Waals surface area (Å²) in [6.45, 7) is 0. The SMILES string of the molecule is C1=CC2c3c(c4ccccc4c4c3c3ccccc3c3c4c4ccccc4n3C3=CC(c4ccccc4)=CC(c4ccccc4)N3)N(c3ccccc3)C2C=C1. The van der Waals surface area contributed by atoms with Gasteiger partial charge in [0.05, 0.1) is 28.8 Å². The largest absolute Gasteiger partial charge is 0.361 e. The lowest BCUT2D eigenvalue weighted by Crippen LogP contribution is -2.28. The summed E-state index contributed by atoms with van der Waals surface area (Å²) in [6.07, 6.45) is 14.0. The van der Waals surface area contributed by atoms with Gasteiger partial charge >= 0.3 is 0 Å². The fourth-order valence-electron chi connectivity index (χ4n) is 10.0. The molecular weight excluding hydrogens is 679 g/mol. The molecule has 3 aliphatic rings. The molecule has 12 rings (SSSR count). The molecule has 0 saturated heterocycles. The number of nitrogens with one attached hydrogen (secondary N) is 1. The molecule has 264 valence electrons. The number of anilines is 2. The number of hydrogen-bond acceptors (Lipinski definition) is 2. The van der Waals surface area contributed by atoms with Gasteiger partial charge in [0, 0.05) is 38.5 Å². The van der Waals surface area contributed by atoms with E-state index in [1.807, 2.05) is 0 Å². The molecule has 3 heterocycles. The first-order valence-corrected chi connectivity index (χ1v) is 19.7. The molecule has 0 amide bonds. The normalized spacial score (nSPS) is 18.7. The molecule has 1 aliphatic carbocycles. The summed E-state index contributed by atoms with van der Waals surface area (Å²) < 4.78 is 2.52. The van der Waals surface area contributed by atoms with E-state index < -0.39 is 0 Å². The summed E-state index contributed by atoms with van der Waals surface area (Å²) in [5, 5.41) is 14.4. The number of rotatable bonds is 4. The lowest BCUT2D eigenvalue weighted by molar-refractivity contribution is 0.739. The van der Waals surface area contributed by atoms with Crippen molar-refractivity contribution in [3.05, 3.63) is 217 Å². The highest BCUT2D eigenvalue weighted by molar-refractivity contribution is 6.39. The van der Waals surface area contributed by atoms with E-state index in [1.54, 1.807) is 0 Å². The molecule has 0 saturated carbocycles. The van der Waals surface area contributed by atoms with E-state index in [1.165, 1.54) is 87.8 Å². The topological polar surface area (TPSA) is 20.2 Å². The molecule has 56 heavy (non-hydrogen) atoms. The summed E-state index contributed by atoms with van der Waals surface area (Å²) in [5.41, 5.74) is 10.0. The fourth-order valence-corrected chi connectivity index (χ4v) is 10.0. The molecular formula is C53H37N3. The summed E-state index contributed by atoms with van der Waals surface area (Å²) in [5.74, 6) is 1.27. The highest BCUT2D eigenvalue weighted by atomic mass is 15.2. The minimum absolute atomic E-state index is 0.00881. The van der Waals surface area contributed by atoms with Crippen LogP contribution in [0.3, 0.4) is 0 Å². The Morgan fingerprint density at radius 3 is 1.88 bits per heavy atom. The Morgan fingerprint density at radius 1 is 0.500 bits per heavy atom. The van der Waals surface area contributed by atoms with Crippen molar-refractivity contribution in [2.24, 2.45) is 0 Å². The average molecular weight is 716 g/mol. The van der Waals surface area contributed by atoms with Crippen molar-refractivity contribution >= 4 is 76.9 Å². The molecule has 9 aromatic rings. The second-order valence-corrected chi connectivity index (χ2v) is 15.2. The van der Waals surface area contributed by atoms with Gasteiger partial charge in [-0.25, -0.2) is 0 Å². The molecule has 0 spiro atoms. The van der Waals surface area contributed by atoms with E-state index in [-0.39, 0.29) is 18.0 Å². The van der Waals surface area contributed by atoms with Gasteiger partial charge in [-0.05, 0) is 68.8 Å². The average Bonchev–Trinajstić information content (AvgIpc) is 3.81. The van der Waals surface area contributed by atoms with E-state index in [0.717, 1.165) is 5.82 Å². The minimum Gasteiger partial charge on any atom is -0.361 e. The van der Waals surface area contributed by atoms with Gasteiger partial charge in [-0.15, -0.1) is 0 Å². The van der Waals surface area contributed by atoms with Crippen LogP contribution in [0.25, 0.3) is 65.5 Å². The molecule has 1 N–H and O–H groups in total. The number of fused-ring (bicyclic) bond motifs is 15. The highest BCUT2D eigenvalue weighted by Gasteiger charge is 2.41. The third-order valence-electron chi connectivity index (χ3n) is 12.3. The molecule has 0 fully saturated rings. The third kappa shape index (κ3) is 4.46. The van der Waals surface area contributed by atoms with Gasteiger partial charge in [-0.3, -0.25) is 4.57 Å². The van der Waals surface area contributed by atoms with Gasteiger partial charge in [0.25, 0.3) is 0 Å². The van der Waals surface area contributed by atoms with E-state index in [2.05, 4.69) is 215 Å². The Labute approximate surface area is 325 Å². The Hall–Kier alpha value is -7.10. The standard InChI is InChI=1S/C53H37N3/c1-4-18-34(19-5-1)36-32-44(35-20-6-2-7-21-35)54-47(33-36)56-46-31-17-15-29-43(46)51-49-38-24-10-12-26-40(38)52-50(48(49)39-25-11-13-27-41(39)53(51)56)42-28-14-16-30-45(42)55(52)37-22-8-3-9-23-37/h1-33,42,44-45,54H. The van der Waals surface area contributed by atoms with Crippen molar-refractivity contribution in [2.75, 3.05) is 4.90 Å². The van der Waals surface area contributed by atoms with Crippen LogP contribution in [0.4, 0.5) is 11.4 Å². The lowest BCUT2D eigenvalue weighted by atomic mass is 9.83. The Bertz CT molecular complexity index is 3170. The van der Waals surface area contributed by atoms with Crippen LogP contribution in [-0.2, 0) is 0 Å². The van der Waals surface area contributed by atoms with Crippen molar-refractivity contribution in [1.82, 2.24) is 9.88 Å². The van der Waals surface area contributed by atoms with Crippen LogP contribution in [0, 0.1) is 0 Å². The van der Waals surface area contributed by atoms with E-state index in [0.29, 0.717) is 0 Å². The first-order valence-electron chi connectivity index (χ1n) is 19.7. The summed E-state index contributed by atoms with van der Waals surface area (Å²) in [7, 11) is 0. The molecule has 2 aliphatic heterocycles. The second-order valence-electron chi connectivity index (χ2n) is 15.2. The molecule has 3 heteroatoms.